The van der Waals surface area contributed by atoms with Crippen LogP contribution in [0.3, 0.4) is 0 Å². The second-order valence-electron chi connectivity index (χ2n) is 4.09. The van der Waals surface area contributed by atoms with E-state index < -0.39 is 10.0 Å². The predicted octanol–water partition coefficient (Wildman–Crippen LogP) is 5.30. The number of hydrogen-bond acceptors (Lipinski definition) is 2. The first-order chi connectivity index (χ1) is 9.85. The van der Waals surface area contributed by atoms with Crippen LogP contribution in [-0.2, 0) is 15.9 Å². The summed E-state index contributed by atoms with van der Waals surface area (Å²) in [6.07, 6.45) is 0. The van der Waals surface area contributed by atoms with Crippen LogP contribution in [0.1, 0.15) is 5.56 Å². The molecule has 0 unspecified atom stereocenters. The average molecular weight is 430 g/mol. The van der Waals surface area contributed by atoms with E-state index in [0.29, 0.717) is 15.7 Å². The van der Waals surface area contributed by atoms with Crippen molar-refractivity contribution in [2.24, 2.45) is 0 Å². The van der Waals surface area contributed by atoms with E-state index >= 15 is 0 Å². The Kier molecular flexibility index (Phi) is 5.43. The van der Waals surface area contributed by atoms with Gasteiger partial charge in [0.25, 0.3) is 10.0 Å². The minimum absolute atomic E-state index is 0.0326. The molecule has 21 heavy (non-hydrogen) atoms. The molecule has 1 N–H and O–H groups in total. The van der Waals surface area contributed by atoms with Crippen molar-refractivity contribution in [2.45, 2.75) is 10.8 Å². The molecule has 2 aromatic rings. The highest BCUT2D eigenvalue weighted by Crippen LogP contribution is 2.34. The Morgan fingerprint density at radius 3 is 2.24 bits per heavy atom. The summed E-state index contributed by atoms with van der Waals surface area (Å²) < 4.78 is 28.0. The summed E-state index contributed by atoms with van der Waals surface area (Å²) in [6.45, 7) is 0. The molecule has 0 bridgehead atoms. The third-order valence-corrected chi connectivity index (χ3v) is 5.67. The summed E-state index contributed by atoms with van der Waals surface area (Å²) in [7, 11) is -3.92. The summed E-state index contributed by atoms with van der Waals surface area (Å²) in [5.41, 5.74) is 1.05. The zero-order chi connectivity index (χ0) is 15.6. The fraction of sp³-hybridized carbons (Fsp3) is 0.0769. The summed E-state index contributed by atoms with van der Waals surface area (Å²) in [5.74, 6) is 0.181. The molecule has 0 aliphatic carbocycles. The third kappa shape index (κ3) is 3.85. The number of benzene rings is 2. The molecule has 8 heteroatoms. The Labute approximate surface area is 146 Å². The Balaban J connectivity index is 2.49. The zero-order valence-corrected chi connectivity index (χ0v) is 15.1. The Morgan fingerprint density at radius 1 is 1.10 bits per heavy atom. The van der Waals surface area contributed by atoms with Gasteiger partial charge in [-0.2, -0.15) is 0 Å². The maximum Gasteiger partial charge on any atom is 0.264 e. The van der Waals surface area contributed by atoms with Crippen LogP contribution >= 0.6 is 50.7 Å². The molecule has 2 aromatic carbocycles. The van der Waals surface area contributed by atoms with Gasteiger partial charge in [-0.15, -0.1) is 11.6 Å². The number of alkyl halides is 1. The van der Waals surface area contributed by atoms with Crippen LogP contribution in [0, 0.1) is 0 Å². The highest BCUT2D eigenvalue weighted by atomic mass is 79.9. The molecule has 0 fully saturated rings. The van der Waals surface area contributed by atoms with Gasteiger partial charge in [0.1, 0.15) is 4.90 Å². The van der Waals surface area contributed by atoms with E-state index in [2.05, 4.69) is 20.7 Å². The number of rotatable bonds is 4. The van der Waals surface area contributed by atoms with Crippen LogP contribution < -0.4 is 4.72 Å². The smallest absolute Gasteiger partial charge is 0.264 e. The molecular weight excluding hydrogens is 420 g/mol. The van der Waals surface area contributed by atoms with E-state index in [1.165, 1.54) is 12.1 Å². The van der Waals surface area contributed by atoms with Gasteiger partial charge in [0, 0.05) is 10.4 Å². The maximum absolute atomic E-state index is 12.5. The minimum Gasteiger partial charge on any atom is -0.279 e. The van der Waals surface area contributed by atoms with Gasteiger partial charge >= 0.3 is 0 Å². The van der Waals surface area contributed by atoms with Crippen molar-refractivity contribution in [1.29, 1.82) is 0 Å². The van der Waals surface area contributed by atoms with Crippen LogP contribution in [-0.4, -0.2) is 8.42 Å². The molecule has 0 atom stereocenters. The van der Waals surface area contributed by atoms with Crippen LogP contribution in [0.25, 0.3) is 0 Å². The third-order valence-electron chi connectivity index (χ3n) is 2.64. The molecule has 0 saturated heterocycles. The van der Waals surface area contributed by atoms with Gasteiger partial charge in [-0.25, -0.2) is 8.42 Å². The highest BCUT2D eigenvalue weighted by Gasteiger charge is 2.23. The summed E-state index contributed by atoms with van der Waals surface area (Å²) in [6, 6.07) is 9.77. The molecule has 0 amide bonds. The first kappa shape index (κ1) is 16.9. The van der Waals surface area contributed by atoms with Crippen LogP contribution in [0.2, 0.25) is 10.0 Å². The second kappa shape index (κ2) is 6.75. The van der Waals surface area contributed by atoms with Crippen molar-refractivity contribution in [3.8, 4) is 0 Å². The number of hydrogen-bond donors (Lipinski definition) is 1. The predicted molar refractivity (Wildman–Crippen MR) is 91.0 cm³/mol. The lowest BCUT2D eigenvalue weighted by atomic mass is 10.2. The quantitative estimate of drug-likeness (QED) is 0.671. The molecule has 0 radical (unpaired) electrons. The molecule has 112 valence electrons. The van der Waals surface area contributed by atoms with Gasteiger partial charge < -0.3 is 0 Å². The van der Waals surface area contributed by atoms with Crippen LogP contribution in [0.15, 0.2) is 45.8 Å². The SMILES string of the molecule is O=S(=O)(Nc1ccccc1CCl)c1c(Cl)cc(Br)cc1Cl. The zero-order valence-electron chi connectivity index (χ0n) is 10.4. The monoisotopic (exact) mass is 427 g/mol. The molecule has 0 aliphatic rings. The normalized spacial score (nSPS) is 11.4. The lowest BCUT2D eigenvalue weighted by Crippen LogP contribution is -2.15. The molecule has 0 heterocycles. The maximum atomic E-state index is 12.5. The van der Waals surface area contributed by atoms with Gasteiger partial charge in [-0.3, -0.25) is 4.72 Å². The van der Waals surface area contributed by atoms with E-state index in [0.717, 1.165) is 0 Å². The lowest BCUT2D eigenvalue weighted by molar-refractivity contribution is 0.601. The fourth-order valence-electron chi connectivity index (χ4n) is 1.72. The summed E-state index contributed by atoms with van der Waals surface area (Å²) in [4.78, 5) is -0.168. The largest absolute Gasteiger partial charge is 0.279 e. The van der Waals surface area contributed by atoms with Crippen LogP contribution in [0.5, 0.6) is 0 Å². The molecule has 0 saturated carbocycles. The topological polar surface area (TPSA) is 46.2 Å². The minimum atomic E-state index is -3.92. The number of anilines is 1. The van der Waals surface area contributed by atoms with E-state index in [-0.39, 0.29) is 20.8 Å². The van der Waals surface area contributed by atoms with Crippen molar-refractivity contribution in [1.82, 2.24) is 0 Å². The summed E-state index contributed by atoms with van der Waals surface area (Å²) >= 11 is 21.0. The molecule has 0 aliphatic heterocycles. The van der Waals surface area contributed by atoms with E-state index in [4.69, 9.17) is 34.8 Å². The van der Waals surface area contributed by atoms with Crippen LogP contribution in [0.4, 0.5) is 5.69 Å². The standard InChI is InChI=1S/C13H9BrCl3NO2S/c14-9-5-10(16)13(11(17)6-9)21(19,20)18-12-4-2-1-3-8(12)7-15/h1-6,18H,7H2. The second-order valence-corrected chi connectivity index (χ2v) is 7.71. The van der Waals surface area contributed by atoms with Gasteiger partial charge in [0.05, 0.1) is 15.7 Å². The number of sulfonamides is 1. The highest BCUT2D eigenvalue weighted by molar-refractivity contribution is 9.10. The summed E-state index contributed by atoms with van der Waals surface area (Å²) in [5, 5.41) is 0.0652. The first-order valence-electron chi connectivity index (χ1n) is 5.66. The number of halogens is 4. The van der Waals surface area contributed by atoms with Crippen molar-refractivity contribution in [2.75, 3.05) is 4.72 Å². The van der Waals surface area contributed by atoms with Gasteiger partial charge in [0.2, 0.25) is 0 Å². The van der Waals surface area contributed by atoms with E-state index in [9.17, 15) is 8.42 Å². The molecule has 0 spiro atoms. The molecule has 2 rings (SSSR count). The van der Waals surface area contributed by atoms with E-state index in [1.807, 2.05) is 0 Å². The van der Waals surface area contributed by atoms with Gasteiger partial charge in [-0.05, 0) is 23.8 Å². The van der Waals surface area contributed by atoms with Crippen molar-refractivity contribution >= 4 is 66.4 Å². The molecular formula is C13H9BrCl3NO2S. The fourth-order valence-corrected chi connectivity index (χ4v) is 4.99. The lowest BCUT2D eigenvalue weighted by Gasteiger charge is -2.13. The van der Waals surface area contributed by atoms with Gasteiger partial charge in [-0.1, -0.05) is 57.3 Å². The number of para-hydroxylation sites is 1. The Morgan fingerprint density at radius 2 is 1.67 bits per heavy atom. The number of nitrogens with one attached hydrogen (secondary N) is 1. The van der Waals surface area contributed by atoms with Crippen molar-refractivity contribution in [3.05, 3.63) is 56.5 Å². The molecule has 3 nitrogen and oxygen atoms in total. The van der Waals surface area contributed by atoms with Crippen molar-refractivity contribution < 1.29 is 8.42 Å². The average Bonchev–Trinajstić information content (AvgIpc) is 2.37. The Hall–Kier alpha value is -0.460. The first-order valence-corrected chi connectivity index (χ1v) is 9.23. The van der Waals surface area contributed by atoms with E-state index in [1.54, 1.807) is 24.3 Å². The molecule has 0 aromatic heterocycles. The van der Waals surface area contributed by atoms with Gasteiger partial charge in [0.15, 0.2) is 0 Å². The Bertz CT molecular complexity index is 758. The van der Waals surface area contributed by atoms with Crippen molar-refractivity contribution in [3.63, 3.8) is 0 Å².